The van der Waals surface area contributed by atoms with E-state index in [0.29, 0.717) is 5.56 Å². The molecule has 0 bridgehead atoms. The Kier molecular flexibility index (Phi) is 3.10. The van der Waals surface area contributed by atoms with E-state index in [1.54, 1.807) is 24.3 Å². The first kappa shape index (κ1) is 12.2. The quantitative estimate of drug-likeness (QED) is 0.654. The van der Waals surface area contributed by atoms with Gasteiger partial charge in [-0.05, 0) is 13.0 Å². The van der Waals surface area contributed by atoms with Gasteiger partial charge in [0, 0.05) is 22.9 Å². The van der Waals surface area contributed by atoms with Crippen LogP contribution in [0.3, 0.4) is 0 Å². The van der Waals surface area contributed by atoms with Crippen LogP contribution in [-0.4, -0.2) is 5.78 Å². The molecule has 2 aromatic carbocycles. The van der Waals surface area contributed by atoms with Gasteiger partial charge in [-0.1, -0.05) is 29.8 Å². The predicted molar refractivity (Wildman–Crippen MR) is 65.4 cm³/mol. The number of nitrogens with two attached hydrogens (primary N) is 1. The smallest absolute Gasteiger partial charge is 0.195 e. The van der Waals surface area contributed by atoms with E-state index in [4.69, 9.17) is 5.73 Å². The number of hydrogen-bond donors (Lipinski definition) is 1. The van der Waals surface area contributed by atoms with E-state index in [-0.39, 0.29) is 11.3 Å². The van der Waals surface area contributed by atoms with Crippen molar-refractivity contribution in [3.8, 4) is 0 Å². The minimum absolute atomic E-state index is 0.0299. The zero-order chi connectivity index (χ0) is 13.3. The monoisotopic (exact) mass is 247 g/mol. The molecule has 0 aliphatic heterocycles. The molecule has 2 N–H and O–H groups in total. The highest BCUT2D eigenvalue weighted by atomic mass is 19.2. The van der Waals surface area contributed by atoms with Crippen LogP contribution in [0.15, 0.2) is 36.4 Å². The van der Waals surface area contributed by atoms with E-state index in [0.717, 1.165) is 17.7 Å². The van der Waals surface area contributed by atoms with Crippen LogP contribution >= 0.6 is 0 Å². The number of benzene rings is 2. The van der Waals surface area contributed by atoms with Gasteiger partial charge in [-0.25, -0.2) is 8.78 Å². The Morgan fingerprint density at radius 2 is 1.61 bits per heavy atom. The van der Waals surface area contributed by atoms with Crippen LogP contribution in [0, 0.1) is 18.6 Å². The third-order valence-electron chi connectivity index (χ3n) is 2.65. The van der Waals surface area contributed by atoms with Crippen LogP contribution in [0.1, 0.15) is 21.5 Å². The predicted octanol–water partition coefficient (Wildman–Crippen LogP) is 3.09. The number of ketones is 1. The van der Waals surface area contributed by atoms with Gasteiger partial charge in [0.25, 0.3) is 0 Å². The van der Waals surface area contributed by atoms with Crippen molar-refractivity contribution < 1.29 is 13.6 Å². The number of anilines is 1. The van der Waals surface area contributed by atoms with Gasteiger partial charge in [-0.2, -0.15) is 0 Å². The number of rotatable bonds is 2. The highest BCUT2D eigenvalue weighted by Crippen LogP contribution is 2.20. The van der Waals surface area contributed by atoms with E-state index in [9.17, 15) is 13.6 Å². The second kappa shape index (κ2) is 4.56. The number of carbonyl (C=O) groups is 1. The van der Waals surface area contributed by atoms with E-state index < -0.39 is 17.4 Å². The summed E-state index contributed by atoms with van der Waals surface area (Å²) < 4.78 is 26.0. The molecule has 0 aliphatic carbocycles. The Balaban J connectivity index is 2.46. The molecule has 0 radical (unpaired) electrons. The molecule has 0 aromatic heterocycles. The summed E-state index contributed by atoms with van der Waals surface area (Å²) in [4.78, 5) is 12.1. The molecule has 2 nitrogen and oxygen atoms in total. The largest absolute Gasteiger partial charge is 0.398 e. The van der Waals surface area contributed by atoms with Gasteiger partial charge in [-0.15, -0.1) is 0 Å². The van der Waals surface area contributed by atoms with Crippen molar-refractivity contribution in [2.24, 2.45) is 0 Å². The summed E-state index contributed by atoms with van der Waals surface area (Å²) in [5, 5.41) is 0. The van der Waals surface area contributed by atoms with Crippen molar-refractivity contribution in [3.05, 3.63) is 64.7 Å². The Bertz CT molecular complexity index is 606. The summed E-state index contributed by atoms with van der Waals surface area (Å²) in [6.07, 6.45) is 0. The maximum absolute atomic E-state index is 13.1. The lowest BCUT2D eigenvalue weighted by atomic mass is 10.0. The van der Waals surface area contributed by atoms with Gasteiger partial charge in [0.1, 0.15) is 0 Å². The van der Waals surface area contributed by atoms with Crippen LogP contribution < -0.4 is 5.73 Å². The number of nitrogen functional groups attached to an aromatic ring is 1. The molecule has 0 unspecified atom stereocenters. The third-order valence-corrected chi connectivity index (χ3v) is 2.65. The molecule has 0 heterocycles. The highest BCUT2D eigenvalue weighted by Gasteiger charge is 2.15. The summed E-state index contributed by atoms with van der Waals surface area (Å²) in [5.41, 5.74) is 6.82. The first-order chi connectivity index (χ1) is 8.49. The summed E-state index contributed by atoms with van der Waals surface area (Å²) in [6, 6.07) is 8.42. The molecule has 18 heavy (non-hydrogen) atoms. The average Bonchev–Trinajstić information content (AvgIpc) is 2.34. The van der Waals surface area contributed by atoms with E-state index >= 15 is 0 Å². The number of aryl methyl sites for hydroxylation is 1. The van der Waals surface area contributed by atoms with Gasteiger partial charge in [-0.3, -0.25) is 4.79 Å². The summed E-state index contributed by atoms with van der Waals surface area (Å²) >= 11 is 0. The van der Waals surface area contributed by atoms with Gasteiger partial charge in [0.15, 0.2) is 17.4 Å². The standard InChI is InChI=1S/C14H11F2NO/c1-8-2-4-9(5-3-8)14(18)10-6-11(15)12(16)7-13(10)17/h2-7H,17H2,1H3. The minimum atomic E-state index is -1.08. The van der Waals surface area contributed by atoms with E-state index in [1.807, 2.05) is 6.92 Å². The second-order valence-electron chi connectivity index (χ2n) is 4.05. The topological polar surface area (TPSA) is 43.1 Å². The van der Waals surface area contributed by atoms with Crippen LogP contribution in [-0.2, 0) is 0 Å². The molecule has 0 saturated carbocycles. The normalized spacial score (nSPS) is 10.4. The molecular weight excluding hydrogens is 236 g/mol. The lowest BCUT2D eigenvalue weighted by Crippen LogP contribution is -2.07. The molecule has 0 aliphatic rings. The molecule has 0 spiro atoms. The Labute approximate surface area is 103 Å². The number of hydrogen-bond acceptors (Lipinski definition) is 2. The molecule has 4 heteroatoms. The molecular formula is C14H11F2NO. The first-order valence-electron chi connectivity index (χ1n) is 5.35. The van der Waals surface area contributed by atoms with Gasteiger partial charge in [0.05, 0.1) is 0 Å². The molecule has 0 atom stereocenters. The Morgan fingerprint density at radius 3 is 2.22 bits per heavy atom. The zero-order valence-corrected chi connectivity index (χ0v) is 9.71. The fourth-order valence-corrected chi connectivity index (χ4v) is 1.62. The second-order valence-corrected chi connectivity index (χ2v) is 4.05. The lowest BCUT2D eigenvalue weighted by Gasteiger charge is -2.06. The Morgan fingerprint density at radius 1 is 1.06 bits per heavy atom. The third kappa shape index (κ3) is 2.22. The van der Waals surface area contributed by atoms with Crippen molar-refractivity contribution in [3.63, 3.8) is 0 Å². The van der Waals surface area contributed by atoms with Crippen molar-refractivity contribution in [2.45, 2.75) is 6.92 Å². The molecule has 2 rings (SSSR count). The highest BCUT2D eigenvalue weighted by molar-refractivity contribution is 6.12. The fourth-order valence-electron chi connectivity index (χ4n) is 1.62. The lowest BCUT2D eigenvalue weighted by molar-refractivity contribution is 0.103. The van der Waals surface area contributed by atoms with Crippen LogP contribution in [0.5, 0.6) is 0 Å². The van der Waals surface area contributed by atoms with Crippen molar-refractivity contribution in [1.82, 2.24) is 0 Å². The maximum Gasteiger partial charge on any atom is 0.195 e. The van der Waals surface area contributed by atoms with Crippen LogP contribution in [0.2, 0.25) is 0 Å². The Hall–Kier alpha value is -2.23. The average molecular weight is 247 g/mol. The molecule has 2 aromatic rings. The minimum Gasteiger partial charge on any atom is -0.398 e. The molecule has 0 fully saturated rings. The van der Waals surface area contributed by atoms with E-state index in [1.165, 1.54) is 0 Å². The van der Waals surface area contributed by atoms with Crippen molar-refractivity contribution in [2.75, 3.05) is 5.73 Å². The van der Waals surface area contributed by atoms with Gasteiger partial charge < -0.3 is 5.73 Å². The van der Waals surface area contributed by atoms with E-state index in [2.05, 4.69) is 0 Å². The van der Waals surface area contributed by atoms with Crippen LogP contribution in [0.25, 0.3) is 0 Å². The number of carbonyl (C=O) groups excluding carboxylic acids is 1. The van der Waals surface area contributed by atoms with Crippen molar-refractivity contribution >= 4 is 11.5 Å². The molecule has 92 valence electrons. The fraction of sp³-hybridized carbons (Fsp3) is 0.0714. The summed E-state index contributed by atoms with van der Waals surface area (Å²) in [7, 11) is 0. The van der Waals surface area contributed by atoms with Crippen LogP contribution in [0.4, 0.5) is 14.5 Å². The van der Waals surface area contributed by atoms with Gasteiger partial charge in [0.2, 0.25) is 0 Å². The van der Waals surface area contributed by atoms with Gasteiger partial charge >= 0.3 is 0 Å². The summed E-state index contributed by atoms with van der Waals surface area (Å²) in [6.45, 7) is 1.89. The maximum atomic E-state index is 13.1. The summed E-state index contributed by atoms with van der Waals surface area (Å²) in [5.74, 6) is -2.57. The SMILES string of the molecule is Cc1ccc(C(=O)c2cc(F)c(F)cc2N)cc1. The van der Waals surface area contributed by atoms with Crippen molar-refractivity contribution in [1.29, 1.82) is 0 Å². The first-order valence-corrected chi connectivity index (χ1v) is 5.35. The number of halogens is 2. The zero-order valence-electron chi connectivity index (χ0n) is 9.71. The molecule has 0 saturated heterocycles. The molecule has 0 amide bonds.